The first-order chi connectivity index (χ1) is 18.0. The molecule has 0 saturated carbocycles. The van der Waals surface area contributed by atoms with Crippen molar-refractivity contribution in [2.24, 2.45) is 5.10 Å². The molecule has 4 rings (SSSR count). The van der Waals surface area contributed by atoms with Crippen molar-refractivity contribution in [2.75, 3.05) is 0 Å². The molecule has 0 aliphatic rings. The zero-order chi connectivity index (χ0) is 27.6. The van der Waals surface area contributed by atoms with Gasteiger partial charge in [0, 0.05) is 34.2 Å². The van der Waals surface area contributed by atoms with Gasteiger partial charge in [-0.2, -0.15) is 9.78 Å². The van der Waals surface area contributed by atoms with E-state index in [4.69, 9.17) is 4.74 Å². The summed E-state index contributed by atoms with van der Waals surface area (Å²) in [4.78, 5) is 39.5. The molecule has 0 aliphatic heterocycles. The number of fused-ring (bicyclic) bond motifs is 1. The summed E-state index contributed by atoms with van der Waals surface area (Å²) in [6, 6.07) is 13.8. The summed E-state index contributed by atoms with van der Waals surface area (Å²) in [6.07, 6.45) is 1.33. The maximum Gasteiger partial charge on any atom is 0.312 e. The number of hydrogen-bond donors (Lipinski definition) is 0. The van der Waals surface area contributed by atoms with Crippen molar-refractivity contribution in [1.29, 1.82) is 0 Å². The van der Waals surface area contributed by atoms with Gasteiger partial charge in [-0.05, 0) is 45.8 Å². The quantitative estimate of drug-likeness (QED) is 0.124. The predicted octanol–water partition coefficient (Wildman–Crippen LogP) is 6.32. The number of nitro benzene ring substituents is 2. The van der Waals surface area contributed by atoms with Crippen molar-refractivity contribution in [3.63, 3.8) is 0 Å². The van der Waals surface area contributed by atoms with E-state index in [9.17, 15) is 25.0 Å². The molecule has 194 valence electrons. The molecular weight excluding hydrogens is 626 g/mol. The Bertz CT molecular complexity index is 1670. The van der Waals surface area contributed by atoms with Gasteiger partial charge in [0.25, 0.3) is 11.2 Å². The van der Waals surface area contributed by atoms with Gasteiger partial charge >= 0.3 is 5.69 Å². The van der Waals surface area contributed by atoms with E-state index in [-0.39, 0.29) is 39.7 Å². The topological polar surface area (TPSA) is 143 Å². The molecule has 4 aromatic rings. The summed E-state index contributed by atoms with van der Waals surface area (Å²) in [6.45, 7) is 3.64. The third-order valence-corrected chi connectivity index (χ3v) is 6.50. The minimum atomic E-state index is -0.605. The molecule has 0 unspecified atom stereocenters. The van der Waals surface area contributed by atoms with Gasteiger partial charge in [-0.3, -0.25) is 25.0 Å². The second kappa shape index (κ2) is 11.2. The van der Waals surface area contributed by atoms with Crippen LogP contribution in [0.15, 0.2) is 73.4 Å². The monoisotopic (exact) mass is 643 g/mol. The van der Waals surface area contributed by atoms with Crippen molar-refractivity contribution in [1.82, 2.24) is 9.66 Å². The van der Waals surface area contributed by atoms with Crippen molar-refractivity contribution in [3.8, 4) is 5.75 Å². The Morgan fingerprint density at radius 1 is 1.08 bits per heavy atom. The molecular formula is C25H19Br2N5O6. The molecule has 0 bridgehead atoms. The van der Waals surface area contributed by atoms with E-state index >= 15 is 0 Å². The maximum absolute atomic E-state index is 13.2. The summed E-state index contributed by atoms with van der Waals surface area (Å²) in [5.74, 6) is 0.265. The second-order valence-electron chi connectivity index (χ2n) is 8.47. The second-order valence-corrected chi connectivity index (χ2v) is 10.2. The van der Waals surface area contributed by atoms with Crippen molar-refractivity contribution in [3.05, 3.63) is 111 Å². The smallest absolute Gasteiger partial charge is 0.312 e. The number of rotatable bonds is 8. The molecule has 11 nitrogen and oxygen atoms in total. The summed E-state index contributed by atoms with van der Waals surface area (Å²) >= 11 is 6.67. The van der Waals surface area contributed by atoms with Crippen molar-refractivity contribution in [2.45, 2.75) is 26.4 Å². The minimum absolute atomic E-state index is 0.0454. The average Bonchev–Trinajstić information content (AvgIpc) is 2.87. The Kier molecular flexibility index (Phi) is 7.97. The van der Waals surface area contributed by atoms with Crippen LogP contribution in [-0.2, 0) is 6.61 Å². The van der Waals surface area contributed by atoms with Gasteiger partial charge < -0.3 is 4.74 Å². The summed E-state index contributed by atoms with van der Waals surface area (Å²) in [7, 11) is 0. The Morgan fingerprint density at radius 3 is 2.53 bits per heavy atom. The lowest BCUT2D eigenvalue weighted by Gasteiger charge is -2.12. The van der Waals surface area contributed by atoms with Crippen LogP contribution in [0.25, 0.3) is 10.9 Å². The Morgan fingerprint density at radius 2 is 1.84 bits per heavy atom. The zero-order valence-electron chi connectivity index (χ0n) is 20.0. The van der Waals surface area contributed by atoms with Crippen LogP contribution < -0.4 is 10.3 Å². The number of halogens is 2. The fourth-order valence-corrected chi connectivity index (χ4v) is 4.59. The van der Waals surface area contributed by atoms with E-state index in [1.165, 1.54) is 35.2 Å². The lowest BCUT2D eigenvalue weighted by atomic mass is 10.2. The molecule has 38 heavy (non-hydrogen) atoms. The molecule has 1 aromatic heterocycles. The predicted molar refractivity (Wildman–Crippen MR) is 149 cm³/mol. The standard InChI is InChI=1S/C25H19Br2N5O6/c1-14(2)24-29-21-7-6-17(26)11-19(21)25(33)30(24)28-12-16-9-20(27)23(22(10-16)32(36)37)38-13-15-4-3-5-18(8-15)31(34)35/h3-12,14H,13H2,1-2H3. The van der Waals surface area contributed by atoms with E-state index in [0.29, 0.717) is 27.9 Å². The normalized spacial score (nSPS) is 11.4. The number of ether oxygens (including phenoxy) is 1. The van der Waals surface area contributed by atoms with Crippen LogP contribution in [0.3, 0.4) is 0 Å². The number of non-ortho nitro benzene ring substituents is 1. The van der Waals surface area contributed by atoms with E-state index in [1.807, 2.05) is 13.8 Å². The molecule has 0 fully saturated rings. The number of benzene rings is 3. The molecule has 0 spiro atoms. The molecule has 0 atom stereocenters. The summed E-state index contributed by atoms with van der Waals surface area (Å²) in [5, 5.41) is 27.5. The lowest BCUT2D eigenvalue weighted by molar-refractivity contribution is -0.386. The molecule has 1 heterocycles. The van der Waals surface area contributed by atoms with Crippen LogP contribution in [0.2, 0.25) is 0 Å². The van der Waals surface area contributed by atoms with E-state index < -0.39 is 9.85 Å². The van der Waals surface area contributed by atoms with Gasteiger partial charge in [-0.1, -0.05) is 41.9 Å². The van der Waals surface area contributed by atoms with E-state index in [1.54, 1.807) is 30.3 Å². The van der Waals surface area contributed by atoms with Crippen LogP contribution in [0, 0.1) is 20.2 Å². The summed E-state index contributed by atoms with van der Waals surface area (Å²) in [5.41, 5.74) is 0.518. The number of hydrogen-bond acceptors (Lipinski definition) is 8. The first kappa shape index (κ1) is 27.1. The molecule has 3 aromatic carbocycles. The van der Waals surface area contributed by atoms with Gasteiger partial charge in [0.1, 0.15) is 12.4 Å². The van der Waals surface area contributed by atoms with Crippen LogP contribution in [0.4, 0.5) is 11.4 Å². The van der Waals surface area contributed by atoms with Crippen LogP contribution in [0.5, 0.6) is 5.75 Å². The van der Waals surface area contributed by atoms with Gasteiger partial charge in [0.2, 0.25) is 5.75 Å². The Hall–Kier alpha value is -3.97. The highest BCUT2D eigenvalue weighted by molar-refractivity contribution is 9.10. The SMILES string of the molecule is CC(C)c1nc2ccc(Br)cc2c(=O)n1N=Cc1cc(Br)c(OCc2cccc([N+](=O)[O-])c2)c([N+](=O)[O-])c1. The van der Waals surface area contributed by atoms with E-state index in [2.05, 4.69) is 41.9 Å². The third kappa shape index (κ3) is 5.78. The molecule has 0 N–H and O–H groups in total. The molecule has 0 amide bonds. The first-order valence-electron chi connectivity index (χ1n) is 11.2. The van der Waals surface area contributed by atoms with Crippen LogP contribution in [-0.4, -0.2) is 25.7 Å². The van der Waals surface area contributed by atoms with Crippen LogP contribution >= 0.6 is 31.9 Å². The zero-order valence-corrected chi connectivity index (χ0v) is 23.2. The lowest BCUT2D eigenvalue weighted by Crippen LogP contribution is -2.23. The highest BCUT2D eigenvalue weighted by Gasteiger charge is 2.21. The van der Waals surface area contributed by atoms with Gasteiger partial charge in [0.05, 0.1) is 31.4 Å². The number of nitro groups is 2. The average molecular weight is 645 g/mol. The highest BCUT2D eigenvalue weighted by atomic mass is 79.9. The number of nitrogens with zero attached hydrogens (tertiary/aromatic N) is 5. The van der Waals surface area contributed by atoms with Gasteiger partial charge in [0.15, 0.2) is 0 Å². The van der Waals surface area contributed by atoms with E-state index in [0.717, 1.165) is 4.47 Å². The minimum Gasteiger partial charge on any atom is -0.481 e. The van der Waals surface area contributed by atoms with Crippen LogP contribution in [0.1, 0.15) is 36.7 Å². The number of aromatic nitrogens is 2. The Labute approximate surface area is 232 Å². The fourth-order valence-electron chi connectivity index (χ4n) is 3.64. The molecule has 0 radical (unpaired) electrons. The van der Waals surface area contributed by atoms with Crippen molar-refractivity contribution >= 4 is 60.4 Å². The Balaban J connectivity index is 1.70. The van der Waals surface area contributed by atoms with Gasteiger partial charge in [-0.25, -0.2) is 4.98 Å². The largest absolute Gasteiger partial charge is 0.481 e. The fraction of sp³-hybridized carbons (Fsp3) is 0.160. The maximum atomic E-state index is 13.2. The third-order valence-electron chi connectivity index (χ3n) is 5.42. The molecule has 13 heteroatoms. The van der Waals surface area contributed by atoms with Crippen molar-refractivity contribution < 1.29 is 14.6 Å². The highest BCUT2D eigenvalue weighted by Crippen LogP contribution is 2.37. The molecule has 0 saturated heterocycles. The summed E-state index contributed by atoms with van der Waals surface area (Å²) < 4.78 is 7.85. The molecule has 0 aliphatic carbocycles. The van der Waals surface area contributed by atoms with Gasteiger partial charge in [-0.15, -0.1) is 0 Å². The first-order valence-corrected chi connectivity index (χ1v) is 12.7.